The van der Waals surface area contributed by atoms with Crippen LogP contribution in [0.4, 0.5) is 0 Å². The number of aliphatic imine (C=N–C) groups is 1. The summed E-state index contributed by atoms with van der Waals surface area (Å²) < 4.78 is 0. The fourth-order valence-corrected chi connectivity index (χ4v) is 3.93. The van der Waals surface area contributed by atoms with Crippen molar-refractivity contribution in [3.05, 3.63) is 95.7 Å². The van der Waals surface area contributed by atoms with Crippen molar-refractivity contribution in [2.24, 2.45) is 4.99 Å². The SMILES string of the molecule is C=CCN1C(=O)C2=C(C(c3ccccc3)=NCC(C)(C)N2)C1c1ccccc1. The number of amides is 1. The van der Waals surface area contributed by atoms with E-state index in [0.29, 0.717) is 18.8 Å². The van der Waals surface area contributed by atoms with Crippen molar-refractivity contribution in [1.82, 2.24) is 10.2 Å². The standard InChI is InChI=1S/C24H25N3O/c1-4-15-27-22(18-13-9-6-10-14-18)19-20(17-11-7-5-8-12-17)25-16-24(2,3)26-21(19)23(27)28/h4-14,22,26H,1,15-16H2,2-3H3. The van der Waals surface area contributed by atoms with Gasteiger partial charge in [-0.25, -0.2) is 0 Å². The molecule has 4 rings (SSSR count). The van der Waals surface area contributed by atoms with E-state index >= 15 is 0 Å². The zero-order chi connectivity index (χ0) is 19.7. The molecule has 1 atom stereocenters. The summed E-state index contributed by atoms with van der Waals surface area (Å²) in [6.45, 7) is 9.10. The van der Waals surface area contributed by atoms with E-state index in [-0.39, 0.29) is 17.5 Å². The molecule has 4 nitrogen and oxygen atoms in total. The molecule has 142 valence electrons. The van der Waals surface area contributed by atoms with E-state index in [4.69, 9.17) is 4.99 Å². The molecule has 4 heteroatoms. The van der Waals surface area contributed by atoms with Gasteiger partial charge in [0, 0.05) is 17.7 Å². The first kappa shape index (κ1) is 18.2. The second-order valence-electron chi connectivity index (χ2n) is 7.89. The lowest BCUT2D eigenvalue weighted by Gasteiger charge is -2.28. The van der Waals surface area contributed by atoms with Crippen LogP contribution in [-0.4, -0.2) is 35.1 Å². The van der Waals surface area contributed by atoms with Crippen molar-refractivity contribution in [3.8, 4) is 0 Å². The number of benzene rings is 2. The van der Waals surface area contributed by atoms with Crippen LogP contribution in [0.2, 0.25) is 0 Å². The number of hydrogen-bond donors (Lipinski definition) is 1. The first-order chi connectivity index (χ1) is 13.5. The number of hydrogen-bond acceptors (Lipinski definition) is 3. The summed E-state index contributed by atoms with van der Waals surface area (Å²) in [6, 6.07) is 20.1. The van der Waals surface area contributed by atoms with E-state index in [1.165, 1.54) is 0 Å². The molecule has 1 unspecified atom stereocenters. The van der Waals surface area contributed by atoms with Gasteiger partial charge in [0.25, 0.3) is 5.91 Å². The molecule has 0 radical (unpaired) electrons. The van der Waals surface area contributed by atoms with Gasteiger partial charge >= 0.3 is 0 Å². The average Bonchev–Trinajstić information content (AvgIpc) is 2.86. The zero-order valence-electron chi connectivity index (χ0n) is 16.4. The molecule has 0 saturated heterocycles. The molecule has 2 heterocycles. The van der Waals surface area contributed by atoms with E-state index in [1.54, 1.807) is 6.08 Å². The molecule has 0 aromatic heterocycles. The number of carbonyl (C=O) groups is 1. The number of nitrogens with one attached hydrogen (secondary N) is 1. The fraction of sp³-hybridized carbons (Fsp3) is 0.250. The molecule has 0 bridgehead atoms. The number of nitrogens with zero attached hydrogens (tertiary/aromatic N) is 2. The van der Waals surface area contributed by atoms with Crippen molar-refractivity contribution in [3.63, 3.8) is 0 Å². The number of carbonyl (C=O) groups excluding carboxylic acids is 1. The van der Waals surface area contributed by atoms with Gasteiger partial charge in [0.05, 0.1) is 23.8 Å². The topological polar surface area (TPSA) is 44.7 Å². The van der Waals surface area contributed by atoms with E-state index < -0.39 is 0 Å². The van der Waals surface area contributed by atoms with Gasteiger partial charge in [0.1, 0.15) is 5.70 Å². The maximum Gasteiger partial charge on any atom is 0.271 e. The summed E-state index contributed by atoms with van der Waals surface area (Å²) in [6.07, 6.45) is 1.78. The highest BCUT2D eigenvalue weighted by Gasteiger charge is 2.44. The van der Waals surface area contributed by atoms with Crippen LogP contribution in [0.5, 0.6) is 0 Å². The molecule has 0 spiro atoms. The van der Waals surface area contributed by atoms with Crippen LogP contribution in [0, 0.1) is 0 Å². The molecule has 1 amide bonds. The van der Waals surface area contributed by atoms with Gasteiger partial charge in [-0.05, 0) is 19.4 Å². The molecule has 0 fully saturated rings. The fourth-order valence-electron chi connectivity index (χ4n) is 3.93. The van der Waals surface area contributed by atoms with E-state index in [2.05, 4.69) is 50.0 Å². The van der Waals surface area contributed by atoms with Crippen LogP contribution in [0.25, 0.3) is 0 Å². The highest BCUT2D eigenvalue weighted by atomic mass is 16.2. The Morgan fingerprint density at radius 2 is 1.79 bits per heavy atom. The highest BCUT2D eigenvalue weighted by molar-refractivity contribution is 6.19. The summed E-state index contributed by atoms with van der Waals surface area (Å²) in [5.74, 6) is 0.00218. The zero-order valence-corrected chi connectivity index (χ0v) is 16.4. The van der Waals surface area contributed by atoms with Crippen molar-refractivity contribution in [2.45, 2.75) is 25.4 Å². The van der Waals surface area contributed by atoms with Crippen molar-refractivity contribution >= 4 is 11.6 Å². The minimum Gasteiger partial charge on any atom is -0.373 e. The van der Waals surface area contributed by atoms with Gasteiger partial charge in [-0.2, -0.15) is 0 Å². The predicted molar refractivity (Wildman–Crippen MR) is 113 cm³/mol. The lowest BCUT2D eigenvalue weighted by atomic mass is 9.91. The summed E-state index contributed by atoms with van der Waals surface area (Å²) in [7, 11) is 0. The van der Waals surface area contributed by atoms with Gasteiger partial charge < -0.3 is 10.2 Å². The molecular formula is C24H25N3O. The monoisotopic (exact) mass is 371 g/mol. The lowest BCUT2D eigenvalue weighted by Crippen LogP contribution is -2.44. The van der Waals surface area contributed by atoms with Gasteiger partial charge in [0.15, 0.2) is 0 Å². The maximum atomic E-state index is 13.4. The Bertz CT molecular complexity index is 958. The van der Waals surface area contributed by atoms with Crippen LogP contribution < -0.4 is 5.32 Å². The van der Waals surface area contributed by atoms with E-state index in [1.807, 2.05) is 41.3 Å². The molecule has 1 N–H and O–H groups in total. The molecule has 2 aliphatic heterocycles. The third kappa shape index (κ3) is 3.15. The first-order valence-electron chi connectivity index (χ1n) is 9.61. The predicted octanol–water partition coefficient (Wildman–Crippen LogP) is 3.88. The van der Waals surface area contributed by atoms with Crippen LogP contribution in [0.1, 0.15) is 31.0 Å². The maximum absolute atomic E-state index is 13.4. The Kier molecular flexibility index (Phi) is 4.63. The first-order valence-corrected chi connectivity index (χ1v) is 9.61. The quantitative estimate of drug-likeness (QED) is 0.829. The second kappa shape index (κ2) is 7.12. The minimum atomic E-state index is -0.307. The van der Waals surface area contributed by atoms with Gasteiger partial charge in [-0.15, -0.1) is 6.58 Å². The molecule has 2 aromatic rings. The summed E-state index contributed by atoms with van der Waals surface area (Å²) >= 11 is 0. The molecule has 2 aliphatic rings. The van der Waals surface area contributed by atoms with E-state index in [0.717, 1.165) is 22.4 Å². The summed E-state index contributed by atoms with van der Waals surface area (Å²) in [4.78, 5) is 20.3. The Hall–Kier alpha value is -3.14. The van der Waals surface area contributed by atoms with Gasteiger partial charge in [-0.1, -0.05) is 66.7 Å². The molecule has 28 heavy (non-hydrogen) atoms. The lowest BCUT2D eigenvalue weighted by molar-refractivity contribution is -0.127. The van der Waals surface area contributed by atoms with Gasteiger partial charge in [-0.3, -0.25) is 9.79 Å². The smallest absolute Gasteiger partial charge is 0.271 e. The molecule has 2 aromatic carbocycles. The average molecular weight is 371 g/mol. The molecular weight excluding hydrogens is 346 g/mol. The molecule has 0 saturated carbocycles. The van der Waals surface area contributed by atoms with Crippen LogP contribution in [0.3, 0.4) is 0 Å². The Labute approximate surface area is 166 Å². The normalized spacial score (nSPS) is 20.9. The minimum absolute atomic E-state index is 0.00218. The summed E-state index contributed by atoms with van der Waals surface area (Å²) in [5.41, 5.74) is 4.30. The Morgan fingerprint density at radius 1 is 1.14 bits per heavy atom. The van der Waals surface area contributed by atoms with Crippen LogP contribution in [0.15, 0.2) is 89.6 Å². The molecule has 0 aliphatic carbocycles. The third-order valence-electron chi connectivity index (χ3n) is 5.17. The summed E-state index contributed by atoms with van der Waals surface area (Å²) in [5, 5.41) is 3.49. The second-order valence-corrected chi connectivity index (χ2v) is 7.89. The van der Waals surface area contributed by atoms with Crippen molar-refractivity contribution < 1.29 is 4.79 Å². The van der Waals surface area contributed by atoms with Crippen molar-refractivity contribution in [2.75, 3.05) is 13.1 Å². The van der Waals surface area contributed by atoms with E-state index in [9.17, 15) is 4.79 Å². The van der Waals surface area contributed by atoms with Crippen LogP contribution in [-0.2, 0) is 4.79 Å². The van der Waals surface area contributed by atoms with Crippen molar-refractivity contribution in [1.29, 1.82) is 0 Å². The van der Waals surface area contributed by atoms with Crippen LogP contribution >= 0.6 is 0 Å². The third-order valence-corrected chi connectivity index (χ3v) is 5.17. The number of rotatable bonds is 4. The largest absolute Gasteiger partial charge is 0.373 e. The Balaban J connectivity index is 1.95. The van der Waals surface area contributed by atoms with Gasteiger partial charge in [0.2, 0.25) is 0 Å². The Morgan fingerprint density at radius 3 is 2.43 bits per heavy atom. The highest BCUT2D eigenvalue weighted by Crippen LogP contribution is 2.40.